The highest BCUT2D eigenvalue weighted by Crippen LogP contribution is 2.29. The van der Waals surface area contributed by atoms with Crippen molar-refractivity contribution in [3.63, 3.8) is 0 Å². The number of rotatable bonds is 3. The number of benzene rings is 1. The van der Waals surface area contributed by atoms with Crippen molar-refractivity contribution in [1.29, 1.82) is 0 Å². The van der Waals surface area contributed by atoms with Gasteiger partial charge < -0.3 is 0 Å². The largest absolute Gasteiger partial charge is 0.287 e. The van der Waals surface area contributed by atoms with Crippen LogP contribution in [0.1, 0.15) is 0 Å². The number of aromatic nitrogens is 1. The van der Waals surface area contributed by atoms with Gasteiger partial charge in [-0.1, -0.05) is 11.8 Å². The van der Waals surface area contributed by atoms with Gasteiger partial charge in [0.1, 0.15) is 22.9 Å². The minimum atomic E-state index is -0.694. The molecule has 1 aromatic heterocycles. The fourth-order valence-corrected chi connectivity index (χ4v) is 1.97. The van der Waals surface area contributed by atoms with Crippen LogP contribution in [0.4, 0.5) is 14.5 Å². The summed E-state index contributed by atoms with van der Waals surface area (Å²) in [6.07, 6.45) is 1.09. The first-order valence-corrected chi connectivity index (χ1v) is 5.61. The smallest absolute Gasteiger partial charge is 0.258 e. The Balaban J connectivity index is 2.21. The van der Waals surface area contributed by atoms with E-state index >= 15 is 0 Å². The Morgan fingerprint density at radius 3 is 2.56 bits per heavy atom. The molecule has 1 aromatic carbocycles. The van der Waals surface area contributed by atoms with Crippen molar-refractivity contribution in [2.75, 3.05) is 0 Å². The molecule has 2 aromatic rings. The van der Waals surface area contributed by atoms with E-state index in [1.54, 1.807) is 0 Å². The van der Waals surface area contributed by atoms with Crippen LogP contribution in [0.5, 0.6) is 0 Å². The van der Waals surface area contributed by atoms with Crippen LogP contribution in [0, 0.1) is 21.7 Å². The van der Waals surface area contributed by atoms with Crippen LogP contribution in [0.25, 0.3) is 0 Å². The van der Waals surface area contributed by atoms with Crippen molar-refractivity contribution in [1.82, 2.24) is 4.98 Å². The van der Waals surface area contributed by atoms with Crippen LogP contribution in [-0.4, -0.2) is 9.91 Å². The lowest BCUT2D eigenvalue weighted by atomic mass is 10.3. The molecule has 0 aliphatic heterocycles. The van der Waals surface area contributed by atoms with Crippen molar-refractivity contribution in [3.8, 4) is 0 Å². The zero-order valence-corrected chi connectivity index (χ0v) is 9.66. The predicted molar refractivity (Wildman–Crippen MR) is 61.4 cm³/mol. The highest BCUT2D eigenvalue weighted by molar-refractivity contribution is 7.99. The summed E-state index contributed by atoms with van der Waals surface area (Å²) in [6, 6.07) is 5.88. The van der Waals surface area contributed by atoms with Crippen LogP contribution in [0.3, 0.4) is 0 Å². The molecule has 4 nitrogen and oxygen atoms in total. The van der Waals surface area contributed by atoms with Gasteiger partial charge in [0, 0.05) is 17.0 Å². The average molecular weight is 268 g/mol. The Labute approximate surface area is 105 Å². The number of pyridine rings is 1. The third kappa shape index (κ3) is 2.80. The average Bonchev–Trinajstić information content (AvgIpc) is 2.33. The molecule has 0 spiro atoms. The van der Waals surface area contributed by atoms with Crippen LogP contribution in [0.2, 0.25) is 0 Å². The predicted octanol–water partition coefficient (Wildman–Crippen LogP) is 3.42. The van der Waals surface area contributed by atoms with E-state index in [9.17, 15) is 18.9 Å². The van der Waals surface area contributed by atoms with Gasteiger partial charge in [-0.05, 0) is 18.2 Å². The first-order valence-electron chi connectivity index (χ1n) is 4.79. The van der Waals surface area contributed by atoms with Crippen LogP contribution in [0.15, 0.2) is 46.5 Å². The Kier molecular flexibility index (Phi) is 3.52. The summed E-state index contributed by atoms with van der Waals surface area (Å²) in [5.41, 5.74) is -0.140. The number of hydrogen-bond donors (Lipinski definition) is 0. The maximum atomic E-state index is 13.3. The topological polar surface area (TPSA) is 56.0 Å². The van der Waals surface area contributed by atoms with Crippen LogP contribution < -0.4 is 0 Å². The van der Waals surface area contributed by atoms with Gasteiger partial charge in [0.05, 0.1) is 4.92 Å². The second-order valence-electron chi connectivity index (χ2n) is 3.29. The van der Waals surface area contributed by atoms with E-state index in [0.29, 0.717) is 5.03 Å². The number of halogens is 2. The molecule has 0 radical (unpaired) electrons. The Morgan fingerprint density at radius 1 is 1.22 bits per heavy atom. The molecule has 0 fully saturated rings. The van der Waals surface area contributed by atoms with Crippen LogP contribution in [-0.2, 0) is 0 Å². The standard InChI is InChI=1S/C11H6F2N2O2S/c12-7-1-3-10(9(13)5-7)18-11-4-2-8(6-14-11)15(16)17/h1-6H. The number of nitrogens with zero attached hydrogens (tertiary/aromatic N) is 2. The van der Waals surface area contributed by atoms with E-state index in [0.717, 1.165) is 30.1 Å². The number of nitro groups is 1. The van der Waals surface area contributed by atoms with Crippen molar-refractivity contribution in [2.24, 2.45) is 0 Å². The molecule has 0 unspecified atom stereocenters. The van der Waals surface area contributed by atoms with Gasteiger partial charge in [-0.15, -0.1) is 0 Å². The summed E-state index contributed by atoms with van der Waals surface area (Å²) in [5.74, 6) is -1.35. The van der Waals surface area contributed by atoms with Crippen molar-refractivity contribution < 1.29 is 13.7 Å². The lowest BCUT2D eigenvalue weighted by molar-refractivity contribution is -0.385. The Morgan fingerprint density at radius 2 is 2.00 bits per heavy atom. The molecule has 2 rings (SSSR count). The zero-order chi connectivity index (χ0) is 13.1. The first kappa shape index (κ1) is 12.4. The van der Waals surface area contributed by atoms with Crippen molar-refractivity contribution in [2.45, 2.75) is 9.92 Å². The Bertz CT molecular complexity index is 590. The molecule has 92 valence electrons. The van der Waals surface area contributed by atoms with Gasteiger partial charge in [-0.2, -0.15) is 0 Å². The molecule has 18 heavy (non-hydrogen) atoms. The highest BCUT2D eigenvalue weighted by Gasteiger charge is 2.09. The van der Waals surface area contributed by atoms with Gasteiger partial charge in [-0.3, -0.25) is 10.1 Å². The van der Waals surface area contributed by atoms with E-state index in [-0.39, 0.29) is 10.6 Å². The summed E-state index contributed by atoms with van der Waals surface area (Å²) in [4.78, 5) is 13.9. The fourth-order valence-electron chi connectivity index (χ4n) is 1.21. The summed E-state index contributed by atoms with van der Waals surface area (Å²) in [6.45, 7) is 0. The molecular formula is C11H6F2N2O2S. The molecule has 0 saturated carbocycles. The summed E-state index contributed by atoms with van der Waals surface area (Å²) in [5, 5.41) is 10.8. The third-order valence-corrected chi connectivity index (χ3v) is 3.04. The van der Waals surface area contributed by atoms with Gasteiger partial charge in [0.15, 0.2) is 0 Å². The van der Waals surface area contributed by atoms with E-state index in [1.807, 2.05) is 0 Å². The van der Waals surface area contributed by atoms with Gasteiger partial charge in [-0.25, -0.2) is 13.8 Å². The van der Waals surface area contributed by atoms with Gasteiger partial charge in [0.25, 0.3) is 5.69 Å². The zero-order valence-electron chi connectivity index (χ0n) is 8.84. The lowest BCUT2D eigenvalue weighted by Gasteiger charge is -2.02. The van der Waals surface area contributed by atoms with Crippen molar-refractivity contribution in [3.05, 3.63) is 58.3 Å². The summed E-state index contributed by atoms with van der Waals surface area (Å²) < 4.78 is 26.0. The SMILES string of the molecule is O=[N+]([O-])c1ccc(Sc2ccc(F)cc2F)nc1. The van der Waals surface area contributed by atoms with E-state index in [1.165, 1.54) is 18.2 Å². The third-order valence-electron chi connectivity index (χ3n) is 2.04. The fraction of sp³-hybridized carbons (Fsp3) is 0. The maximum Gasteiger partial charge on any atom is 0.287 e. The lowest BCUT2D eigenvalue weighted by Crippen LogP contribution is -1.90. The molecule has 0 N–H and O–H groups in total. The number of hydrogen-bond acceptors (Lipinski definition) is 4. The summed E-state index contributed by atoms with van der Waals surface area (Å²) in [7, 11) is 0. The highest BCUT2D eigenvalue weighted by atomic mass is 32.2. The minimum Gasteiger partial charge on any atom is -0.258 e. The maximum absolute atomic E-state index is 13.3. The quantitative estimate of drug-likeness (QED) is 0.632. The molecule has 1 heterocycles. The molecular weight excluding hydrogens is 262 g/mol. The monoisotopic (exact) mass is 268 g/mol. The molecule has 0 atom stereocenters. The van der Waals surface area contributed by atoms with Crippen LogP contribution >= 0.6 is 11.8 Å². The van der Waals surface area contributed by atoms with Gasteiger partial charge >= 0.3 is 0 Å². The summed E-state index contributed by atoms with van der Waals surface area (Å²) >= 11 is 0.968. The van der Waals surface area contributed by atoms with E-state index in [4.69, 9.17) is 0 Å². The van der Waals surface area contributed by atoms with E-state index in [2.05, 4.69) is 4.98 Å². The van der Waals surface area contributed by atoms with Crippen molar-refractivity contribution >= 4 is 17.4 Å². The molecule has 0 amide bonds. The first-order chi connectivity index (χ1) is 8.56. The normalized spacial score (nSPS) is 10.3. The molecule has 0 aliphatic carbocycles. The molecule has 0 saturated heterocycles. The Hall–Kier alpha value is -2.02. The second kappa shape index (κ2) is 5.09. The molecule has 0 bridgehead atoms. The van der Waals surface area contributed by atoms with Gasteiger partial charge in [0.2, 0.25) is 0 Å². The second-order valence-corrected chi connectivity index (χ2v) is 4.35. The molecule has 7 heteroatoms. The minimum absolute atomic E-state index is 0.140. The molecule has 0 aliphatic rings. The van der Waals surface area contributed by atoms with E-state index < -0.39 is 16.6 Å².